The lowest BCUT2D eigenvalue weighted by Crippen LogP contribution is -2.19. The topological polar surface area (TPSA) is 33.1 Å². The third kappa shape index (κ3) is 2.31. The van der Waals surface area contributed by atoms with Gasteiger partial charge in [0.05, 0.1) is 6.10 Å². The molecule has 4 heteroatoms. The Morgan fingerprint density at radius 3 is 2.95 bits per heavy atom. The van der Waals surface area contributed by atoms with E-state index in [9.17, 15) is 13.9 Å². The van der Waals surface area contributed by atoms with Gasteiger partial charge in [-0.05, 0) is 49.1 Å². The largest absolute Gasteiger partial charge is 0.388 e. The number of aliphatic hydroxyl groups is 1. The van der Waals surface area contributed by atoms with Gasteiger partial charge in [0.2, 0.25) is 0 Å². The minimum Gasteiger partial charge on any atom is -0.388 e. The quantitative estimate of drug-likeness (QED) is 0.909. The molecule has 20 heavy (non-hydrogen) atoms. The zero-order valence-corrected chi connectivity index (χ0v) is 10.9. The molecular formula is C16H15F2NO. The molecule has 2 nitrogen and oxygen atoms in total. The number of halogens is 2. The molecule has 0 bridgehead atoms. The minimum atomic E-state index is -1.07. The van der Waals surface area contributed by atoms with Gasteiger partial charge in [0.25, 0.3) is 0 Å². The first-order chi connectivity index (χ1) is 9.66. The van der Waals surface area contributed by atoms with E-state index in [4.69, 9.17) is 0 Å². The number of aryl methyl sites for hydroxylation is 1. The highest BCUT2D eigenvalue weighted by Gasteiger charge is 2.30. The van der Waals surface area contributed by atoms with Crippen LogP contribution in [0.25, 0.3) is 0 Å². The maximum absolute atomic E-state index is 13.8. The van der Waals surface area contributed by atoms with Gasteiger partial charge < -0.3 is 5.11 Å². The number of nitrogens with zero attached hydrogens (tertiary/aromatic N) is 1. The van der Waals surface area contributed by atoms with E-state index in [1.54, 1.807) is 6.20 Å². The normalized spacial score (nSPS) is 19.4. The number of pyridine rings is 1. The second-order valence-corrected chi connectivity index (χ2v) is 5.16. The number of hydrogen-bond donors (Lipinski definition) is 1. The molecule has 0 saturated carbocycles. The van der Waals surface area contributed by atoms with Gasteiger partial charge in [0.15, 0.2) is 0 Å². The highest BCUT2D eigenvalue weighted by atomic mass is 19.1. The monoisotopic (exact) mass is 275 g/mol. The number of aromatic nitrogens is 1. The van der Waals surface area contributed by atoms with Crippen LogP contribution in [0.1, 0.15) is 41.7 Å². The van der Waals surface area contributed by atoms with Crippen LogP contribution in [0.5, 0.6) is 0 Å². The van der Waals surface area contributed by atoms with E-state index in [2.05, 4.69) is 4.98 Å². The molecule has 0 saturated heterocycles. The van der Waals surface area contributed by atoms with Crippen molar-refractivity contribution < 1.29 is 13.9 Å². The SMILES string of the molecule is OC(c1cc(F)ccc1F)C1CCCc2cccnc21. The summed E-state index contributed by atoms with van der Waals surface area (Å²) in [6.07, 6.45) is 3.15. The van der Waals surface area contributed by atoms with Crippen molar-refractivity contribution >= 4 is 0 Å². The van der Waals surface area contributed by atoms with Gasteiger partial charge in [-0.25, -0.2) is 8.78 Å². The number of rotatable bonds is 2. The average molecular weight is 275 g/mol. The lowest BCUT2D eigenvalue weighted by atomic mass is 9.81. The molecule has 0 radical (unpaired) electrons. The van der Waals surface area contributed by atoms with E-state index < -0.39 is 17.7 Å². The maximum atomic E-state index is 13.8. The molecule has 1 N–H and O–H groups in total. The van der Waals surface area contributed by atoms with Crippen molar-refractivity contribution in [2.24, 2.45) is 0 Å². The lowest BCUT2D eigenvalue weighted by molar-refractivity contribution is 0.129. The molecule has 0 fully saturated rings. The smallest absolute Gasteiger partial charge is 0.129 e. The third-order valence-corrected chi connectivity index (χ3v) is 3.90. The van der Waals surface area contributed by atoms with Crippen molar-refractivity contribution in [2.45, 2.75) is 31.3 Å². The Labute approximate surface area is 116 Å². The average Bonchev–Trinajstić information content (AvgIpc) is 2.48. The highest BCUT2D eigenvalue weighted by molar-refractivity contribution is 5.31. The zero-order valence-electron chi connectivity index (χ0n) is 10.9. The first-order valence-corrected chi connectivity index (χ1v) is 6.73. The van der Waals surface area contributed by atoms with Crippen molar-refractivity contribution in [3.63, 3.8) is 0 Å². The Hall–Kier alpha value is -1.81. The van der Waals surface area contributed by atoms with E-state index in [1.807, 2.05) is 12.1 Å². The van der Waals surface area contributed by atoms with E-state index in [1.165, 1.54) is 0 Å². The van der Waals surface area contributed by atoms with Crippen LogP contribution >= 0.6 is 0 Å². The number of benzene rings is 1. The van der Waals surface area contributed by atoms with E-state index in [-0.39, 0.29) is 11.5 Å². The molecule has 1 aromatic heterocycles. The van der Waals surface area contributed by atoms with Crippen LogP contribution in [-0.4, -0.2) is 10.1 Å². The fourth-order valence-corrected chi connectivity index (χ4v) is 2.91. The van der Waals surface area contributed by atoms with Gasteiger partial charge in [-0.15, -0.1) is 0 Å². The second-order valence-electron chi connectivity index (χ2n) is 5.16. The Morgan fingerprint density at radius 1 is 1.25 bits per heavy atom. The Balaban J connectivity index is 1.99. The van der Waals surface area contributed by atoms with Crippen LogP contribution in [0.15, 0.2) is 36.5 Å². The number of aliphatic hydroxyl groups excluding tert-OH is 1. The predicted molar refractivity (Wildman–Crippen MR) is 71.2 cm³/mol. The molecule has 0 amide bonds. The molecule has 2 aromatic rings. The summed E-state index contributed by atoms with van der Waals surface area (Å²) < 4.78 is 27.1. The molecule has 1 heterocycles. The van der Waals surface area contributed by atoms with Gasteiger partial charge in [0, 0.05) is 23.4 Å². The molecule has 2 atom stereocenters. The van der Waals surface area contributed by atoms with Gasteiger partial charge in [-0.1, -0.05) is 6.07 Å². The van der Waals surface area contributed by atoms with Crippen LogP contribution in [-0.2, 0) is 6.42 Å². The fourth-order valence-electron chi connectivity index (χ4n) is 2.91. The second kappa shape index (κ2) is 5.29. The van der Waals surface area contributed by atoms with E-state index in [0.29, 0.717) is 0 Å². The summed E-state index contributed by atoms with van der Waals surface area (Å²) in [5.41, 5.74) is 1.89. The molecule has 3 rings (SSSR count). The Morgan fingerprint density at radius 2 is 2.10 bits per heavy atom. The summed E-state index contributed by atoms with van der Waals surface area (Å²) in [6.45, 7) is 0. The zero-order chi connectivity index (χ0) is 14.1. The van der Waals surface area contributed by atoms with Crippen molar-refractivity contribution in [1.82, 2.24) is 4.98 Å². The fraction of sp³-hybridized carbons (Fsp3) is 0.312. The molecular weight excluding hydrogens is 260 g/mol. The number of fused-ring (bicyclic) bond motifs is 1. The Bertz CT molecular complexity index is 630. The van der Waals surface area contributed by atoms with Crippen molar-refractivity contribution in [3.05, 3.63) is 65.0 Å². The molecule has 0 spiro atoms. The lowest BCUT2D eigenvalue weighted by Gasteiger charge is -2.28. The van der Waals surface area contributed by atoms with Crippen molar-refractivity contribution in [3.8, 4) is 0 Å². The highest BCUT2D eigenvalue weighted by Crippen LogP contribution is 2.39. The summed E-state index contributed by atoms with van der Waals surface area (Å²) in [5, 5.41) is 10.5. The van der Waals surface area contributed by atoms with Gasteiger partial charge >= 0.3 is 0 Å². The third-order valence-electron chi connectivity index (χ3n) is 3.90. The first-order valence-electron chi connectivity index (χ1n) is 6.73. The summed E-state index contributed by atoms with van der Waals surface area (Å²) >= 11 is 0. The maximum Gasteiger partial charge on any atom is 0.129 e. The number of hydrogen-bond acceptors (Lipinski definition) is 2. The van der Waals surface area contributed by atoms with Gasteiger partial charge in [-0.3, -0.25) is 4.98 Å². The molecule has 1 aliphatic carbocycles. The van der Waals surface area contributed by atoms with Gasteiger partial charge in [0.1, 0.15) is 11.6 Å². The van der Waals surface area contributed by atoms with Crippen molar-refractivity contribution in [2.75, 3.05) is 0 Å². The van der Waals surface area contributed by atoms with Crippen LogP contribution in [0, 0.1) is 11.6 Å². The van der Waals surface area contributed by atoms with E-state index >= 15 is 0 Å². The molecule has 104 valence electrons. The molecule has 1 aromatic carbocycles. The van der Waals surface area contributed by atoms with Crippen LogP contribution < -0.4 is 0 Å². The summed E-state index contributed by atoms with van der Waals surface area (Å²) in [6, 6.07) is 7.01. The van der Waals surface area contributed by atoms with Crippen LogP contribution in [0.3, 0.4) is 0 Å². The Kier molecular flexibility index (Phi) is 3.49. The summed E-state index contributed by atoms with van der Waals surface area (Å²) in [5.74, 6) is -1.41. The standard InChI is InChI=1S/C16H15F2NO/c17-11-6-7-14(18)13(9-11)16(20)12-5-1-3-10-4-2-8-19-15(10)12/h2,4,6-9,12,16,20H,1,3,5H2. The minimum absolute atomic E-state index is 0.00787. The van der Waals surface area contributed by atoms with Crippen LogP contribution in [0.2, 0.25) is 0 Å². The van der Waals surface area contributed by atoms with E-state index in [0.717, 1.165) is 48.7 Å². The first kappa shape index (κ1) is 13.2. The summed E-state index contributed by atoms with van der Waals surface area (Å²) in [7, 11) is 0. The summed E-state index contributed by atoms with van der Waals surface area (Å²) in [4.78, 5) is 4.32. The molecule has 2 unspecified atom stereocenters. The van der Waals surface area contributed by atoms with Crippen molar-refractivity contribution in [1.29, 1.82) is 0 Å². The molecule has 1 aliphatic rings. The molecule has 0 aliphatic heterocycles. The van der Waals surface area contributed by atoms with Gasteiger partial charge in [-0.2, -0.15) is 0 Å². The predicted octanol–water partition coefficient (Wildman–Crippen LogP) is 3.51. The van der Waals surface area contributed by atoms with Crippen LogP contribution in [0.4, 0.5) is 8.78 Å².